The lowest BCUT2D eigenvalue weighted by Gasteiger charge is -2.24. The van der Waals surface area contributed by atoms with Gasteiger partial charge in [-0.25, -0.2) is 4.79 Å². The Hall–Kier alpha value is -0.400. The van der Waals surface area contributed by atoms with E-state index in [1.165, 1.54) is 0 Å². The van der Waals surface area contributed by atoms with Crippen molar-refractivity contribution in [2.45, 2.75) is 44.2 Å². The van der Waals surface area contributed by atoms with Crippen LogP contribution in [0.25, 0.3) is 0 Å². The molecule has 0 aromatic rings. The molecule has 1 heterocycles. The van der Waals surface area contributed by atoms with Crippen LogP contribution in [0, 0.1) is 16.2 Å². The van der Waals surface area contributed by atoms with Crippen LogP contribution in [0.15, 0.2) is 0 Å². The fourth-order valence-corrected chi connectivity index (χ4v) is 2.94. The van der Waals surface area contributed by atoms with Gasteiger partial charge < -0.3 is 5.32 Å². The Morgan fingerprint density at radius 1 is 1.25 bits per heavy atom. The van der Waals surface area contributed by atoms with E-state index in [0.717, 1.165) is 25.7 Å². The van der Waals surface area contributed by atoms with Crippen LogP contribution in [0.2, 0.25) is 0 Å². The molecular weight excluding hydrogens is 238 g/mol. The minimum Gasteiger partial charge on any atom is -0.301 e. The Morgan fingerprint density at radius 2 is 1.94 bits per heavy atom. The lowest BCUT2D eigenvalue weighted by Crippen LogP contribution is -2.63. The maximum atomic E-state index is 11.3. The molecule has 92 valence electrons. The molecule has 2 fully saturated rings. The maximum absolute atomic E-state index is 11.3. The van der Waals surface area contributed by atoms with E-state index in [1.807, 2.05) is 0 Å². The standard InChI is InChI=1S/C9H14ClNO5/c12-9(16-10(13,14)15)8-5-6-3-1-2-4-7(6)11-8/h6-8,11H,1-5H2/t6?,7-,8?/m0/s1. The Balaban J connectivity index is 1.90. The molecule has 0 aromatic heterocycles. The molecule has 2 aliphatic rings. The quantitative estimate of drug-likeness (QED) is 0.574. The van der Waals surface area contributed by atoms with Crippen LogP contribution in [-0.4, -0.2) is 18.1 Å². The van der Waals surface area contributed by atoms with Crippen molar-refractivity contribution in [3.05, 3.63) is 0 Å². The van der Waals surface area contributed by atoms with Gasteiger partial charge in [0.15, 0.2) is 0 Å². The molecule has 0 radical (unpaired) electrons. The number of rotatable bonds is 2. The summed E-state index contributed by atoms with van der Waals surface area (Å²) in [5, 5.41) is 3.03. The van der Waals surface area contributed by atoms with Gasteiger partial charge in [0.05, 0.1) is 0 Å². The minimum absolute atomic E-state index is 0.261. The number of fused-ring (bicyclic) bond motifs is 1. The molecule has 0 aromatic carbocycles. The Labute approximate surface area is 95.3 Å². The van der Waals surface area contributed by atoms with Crippen molar-refractivity contribution in [1.82, 2.24) is 5.32 Å². The van der Waals surface area contributed by atoms with Gasteiger partial charge in [0.25, 0.3) is 0 Å². The Morgan fingerprint density at radius 3 is 2.56 bits per heavy atom. The largest absolute Gasteiger partial charge is 0.479 e. The summed E-state index contributed by atoms with van der Waals surface area (Å²) < 4.78 is 34.6. The second kappa shape index (κ2) is 4.46. The van der Waals surface area contributed by atoms with E-state index in [9.17, 15) is 18.8 Å². The summed E-state index contributed by atoms with van der Waals surface area (Å²) >= 11 is 0. The lowest BCUT2D eigenvalue weighted by molar-refractivity contribution is -1.92. The molecule has 6 nitrogen and oxygen atoms in total. The second-order valence-electron chi connectivity index (χ2n) is 4.38. The van der Waals surface area contributed by atoms with Gasteiger partial charge in [-0.1, -0.05) is 12.8 Å². The molecule has 1 saturated carbocycles. The van der Waals surface area contributed by atoms with Crippen LogP contribution in [0.5, 0.6) is 0 Å². The molecule has 0 amide bonds. The zero-order chi connectivity index (χ0) is 11.8. The van der Waals surface area contributed by atoms with Crippen LogP contribution in [0.4, 0.5) is 0 Å². The van der Waals surface area contributed by atoms with Crippen LogP contribution in [-0.2, 0) is 9.08 Å². The van der Waals surface area contributed by atoms with Crippen molar-refractivity contribution in [2.75, 3.05) is 0 Å². The van der Waals surface area contributed by atoms with Gasteiger partial charge in [-0.05, 0) is 29.5 Å². The highest BCUT2D eigenvalue weighted by molar-refractivity contribution is 5.75. The number of carbonyl (C=O) groups is 1. The highest BCUT2D eigenvalue weighted by Gasteiger charge is 2.43. The average Bonchev–Trinajstić information content (AvgIpc) is 2.58. The normalized spacial score (nSPS) is 34.6. The maximum Gasteiger partial charge on any atom is 0.479 e. The van der Waals surface area contributed by atoms with E-state index in [1.54, 1.807) is 0 Å². The van der Waals surface area contributed by atoms with E-state index in [0.29, 0.717) is 12.3 Å². The molecule has 7 heteroatoms. The molecule has 1 N–H and O–H groups in total. The van der Waals surface area contributed by atoms with Crippen LogP contribution in [0.1, 0.15) is 32.1 Å². The summed E-state index contributed by atoms with van der Waals surface area (Å²) in [4.78, 5) is 11.3. The monoisotopic (exact) mass is 251 g/mol. The molecule has 2 unspecified atom stereocenters. The molecule has 16 heavy (non-hydrogen) atoms. The summed E-state index contributed by atoms with van der Waals surface area (Å²) in [6.45, 7) is 0. The van der Waals surface area contributed by atoms with E-state index in [-0.39, 0.29) is 6.04 Å². The lowest BCUT2D eigenvalue weighted by atomic mass is 9.85. The molecular formula is C9H14ClNO5. The van der Waals surface area contributed by atoms with Gasteiger partial charge in [-0.2, -0.15) is 14.0 Å². The zero-order valence-electron chi connectivity index (χ0n) is 8.69. The first kappa shape index (κ1) is 12.1. The summed E-state index contributed by atoms with van der Waals surface area (Å²) in [6, 6.07) is -0.387. The number of nitrogens with one attached hydrogen (secondary N) is 1. The summed E-state index contributed by atoms with van der Waals surface area (Å²) in [6.07, 6.45) is 4.87. The van der Waals surface area contributed by atoms with Crippen LogP contribution >= 0.6 is 0 Å². The van der Waals surface area contributed by atoms with Crippen molar-refractivity contribution in [3.63, 3.8) is 0 Å². The molecule has 1 aliphatic heterocycles. The van der Waals surface area contributed by atoms with Gasteiger partial charge >= 0.3 is 5.97 Å². The summed E-state index contributed by atoms with van der Waals surface area (Å²) in [5.74, 6) is -0.580. The van der Waals surface area contributed by atoms with Crippen molar-refractivity contribution in [3.8, 4) is 0 Å². The Kier molecular flexibility index (Phi) is 3.37. The van der Waals surface area contributed by atoms with E-state index < -0.39 is 22.3 Å². The predicted molar refractivity (Wildman–Crippen MR) is 43.4 cm³/mol. The van der Waals surface area contributed by atoms with E-state index in [2.05, 4.69) is 9.61 Å². The summed E-state index contributed by atoms with van der Waals surface area (Å²) in [5.41, 5.74) is 0. The minimum atomic E-state index is -4.66. The fourth-order valence-electron chi connectivity index (χ4n) is 2.65. The van der Waals surface area contributed by atoms with Gasteiger partial charge in [0, 0.05) is 6.04 Å². The topological polar surface area (TPSA) is 108 Å². The Bertz CT molecular complexity index is 266. The summed E-state index contributed by atoms with van der Waals surface area (Å²) in [7, 11) is -4.66. The van der Waals surface area contributed by atoms with Crippen molar-refractivity contribution in [2.24, 2.45) is 5.92 Å². The van der Waals surface area contributed by atoms with Crippen molar-refractivity contribution in [1.29, 1.82) is 0 Å². The fraction of sp³-hybridized carbons (Fsp3) is 0.889. The smallest absolute Gasteiger partial charge is 0.301 e. The molecule has 3 atom stereocenters. The molecule has 2 rings (SSSR count). The molecule has 1 aliphatic carbocycles. The molecule has 0 spiro atoms. The SMILES string of the molecule is O=C(O[Cl+3]([O-])([O-])[O-])C1CC2CCCC[C@@H]2N1. The first-order valence-electron chi connectivity index (χ1n) is 5.36. The number of carbonyl (C=O) groups excluding carboxylic acids is 1. The first-order chi connectivity index (χ1) is 7.46. The third kappa shape index (κ3) is 2.83. The molecule has 1 saturated heterocycles. The van der Waals surface area contributed by atoms with Crippen molar-refractivity contribution < 1.29 is 33.3 Å². The highest BCUT2D eigenvalue weighted by atomic mass is 35.7. The second-order valence-corrected chi connectivity index (χ2v) is 5.29. The van der Waals surface area contributed by atoms with E-state index in [4.69, 9.17) is 0 Å². The van der Waals surface area contributed by atoms with Gasteiger partial charge in [-0.15, -0.1) is 0 Å². The number of hydrogen-bond donors (Lipinski definition) is 1. The van der Waals surface area contributed by atoms with E-state index >= 15 is 0 Å². The van der Waals surface area contributed by atoms with Gasteiger partial charge in [-0.3, -0.25) is 0 Å². The number of halogens is 1. The van der Waals surface area contributed by atoms with Gasteiger partial charge in [0.1, 0.15) is 16.3 Å². The van der Waals surface area contributed by atoms with Gasteiger partial charge in [0.2, 0.25) is 0 Å². The number of hydrogen-bond acceptors (Lipinski definition) is 6. The van der Waals surface area contributed by atoms with Crippen molar-refractivity contribution >= 4 is 5.97 Å². The highest BCUT2D eigenvalue weighted by Crippen LogP contribution is 2.33. The zero-order valence-corrected chi connectivity index (χ0v) is 9.44. The molecule has 0 bridgehead atoms. The first-order valence-corrected chi connectivity index (χ1v) is 6.59. The van der Waals surface area contributed by atoms with Crippen LogP contribution in [0.3, 0.4) is 0 Å². The third-order valence-electron chi connectivity index (χ3n) is 3.32. The van der Waals surface area contributed by atoms with Crippen LogP contribution < -0.4 is 19.3 Å². The third-order valence-corrected chi connectivity index (χ3v) is 3.66. The predicted octanol–water partition coefficient (Wildman–Crippen LogP) is -2.65. The average molecular weight is 252 g/mol.